The first-order chi connectivity index (χ1) is 10.1. The number of nitrogens with zero attached hydrogens (tertiary/aromatic N) is 2. The number of aliphatic hydroxyl groups excluding tert-OH is 1. The summed E-state index contributed by atoms with van der Waals surface area (Å²) in [5.41, 5.74) is 1.18. The average molecular weight is 290 g/mol. The van der Waals surface area contributed by atoms with E-state index in [9.17, 15) is 9.90 Å². The van der Waals surface area contributed by atoms with Crippen molar-refractivity contribution in [2.75, 3.05) is 25.6 Å². The van der Waals surface area contributed by atoms with Crippen LogP contribution in [0.5, 0.6) is 0 Å². The van der Waals surface area contributed by atoms with E-state index in [4.69, 9.17) is 4.74 Å². The smallest absolute Gasteiger partial charge is 0.251 e. The Bertz CT molecular complexity index is 639. The minimum absolute atomic E-state index is 0.192. The summed E-state index contributed by atoms with van der Waals surface area (Å²) in [6.45, 7) is 2.37. The van der Waals surface area contributed by atoms with E-state index in [1.165, 1.54) is 13.2 Å². The van der Waals surface area contributed by atoms with Crippen molar-refractivity contribution in [3.63, 3.8) is 0 Å². The minimum Gasteiger partial charge on any atom is -0.389 e. The Morgan fingerprint density at radius 1 is 1.48 bits per heavy atom. The van der Waals surface area contributed by atoms with Gasteiger partial charge in [-0.3, -0.25) is 4.79 Å². The molecule has 2 aromatic heterocycles. The number of ether oxygens (including phenoxy) is 1. The summed E-state index contributed by atoms with van der Waals surface area (Å²) in [6, 6.07) is 5.00. The van der Waals surface area contributed by atoms with Crippen LogP contribution < -0.4 is 10.9 Å². The summed E-state index contributed by atoms with van der Waals surface area (Å²) in [4.78, 5) is 22.6. The van der Waals surface area contributed by atoms with Gasteiger partial charge in [-0.25, -0.2) is 9.97 Å². The molecule has 0 aromatic carbocycles. The SMILES string of the molecule is COCC(O)CNc1ccc(-c2nc(C)cc(=O)[nH]2)cn1. The average Bonchev–Trinajstić information content (AvgIpc) is 2.45. The van der Waals surface area contributed by atoms with Crippen molar-refractivity contribution in [3.8, 4) is 11.4 Å². The van der Waals surface area contributed by atoms with E-state index >= 15 is 0 Å². The van der Waals surface area contributed by atoms with Crippen molar-refractivity contribution in [3.05, 3.63) is 40.4 Å². The van der Waals surface area contributed by atoms with Gasteiger partial charge in [-0.15, -0.1) is 0 Å². The molecule has 3 N–H and O–H groups in total. The Morgan fingerprint density at radius 2 is 2.29 bits per heavy atom. The fraction of sp³-hybridized carbons (Fsp3) is 0.357. The van der Waals surface area contributed by atoms with Crippen LogP contribution in [0, 0.1) is 6.92 Å². The third-order valence-electron chi connectivity index (χ3n) is 2.78. The molecule has 0 amide bonds. The standard InChI is InChI=1S/C14H18N4O3/c1-9-5-13(20)18-14(17-9)10-3-4-12(15-6-10)16-7-11(19)8-21-2/h3-6,11,19H,7-8H2,1-2H3,(H,15,16)(H,17,18,20). The lowest BCUT2D eigenvalue weighted by molar-refractivity contribution is 0.0727. The molecular formula is C14H18N4O3. The molecule has 2 aromatic rings. The van der Waals surface area contributed by atoms with E-state index in [-0.39, 0.29) is 12.2 Å². The maximum Gasteiger partial charge on any atom is 0.251 e. The van der Waals surface area contributed by atoms with Gasteiger partial charge in [-0.1, -0.05) is 0 Å². The highest BCUT2D eigenvalue weighted by atomic mass is 16.5. The van der Waals surface area contributed by atoms with Crippen LogP contribution in [0.1, 0.15) is 5.69 Å². The van der Waals surface area contributed by atoms with Crippen LogP contribution in [0.4, 0.5) is 5.82 Å². The summed E-state index contributed by atoms with van der Waals surface area (Å²) in [5, 5.41) is 12.5. The first-order valence-electron chi connectivity index (χ1n) is 6.54. The van der Waals surface area contributed by atoms with Crippen molar-refractivity contribution in [2.24, 2.45) is 0 Å². The summed E-state index contributed by atoms with van der Waals surface area (Å²) >= 11 is 0. The summed E-state index contributed by atoms with van der Waals surface area (Å²) < 4.78 is 4.84. The molecule has 1 atom stereocenters. The van der Waals surface area contributed by atoms with E-state index in [2.05, 4.69) is 20.3 Å². The zero-order chi connectivity index (χ0) is 15.2. The maximum atomic E-state index is 11.4. The van der Waals surface area contributed by atoms with E-state index in [1.807, 2.05) is 0 Å². The topological polar surface area (TPSA) is 100 Å². The Kier molecular flexibility index (Phi) is 5.02. The number of H-pyrrole nitrogens is 1. The fourth-order valence-corrected chi connectivity index (χ4v) is 1.83. The maximum absolute atomic E-state index is 11.4. The molecule has 0 aliphatic rings. The predicted molar refractivity (Wildman–Crippen MR) is 79.2 cm³/mol. The number of hydrogen-bond donors (Lipinski definition) is 3. The number of hydrogen-bond acceptors (Lipinski definition) is 6. The molecule has 0 aliphatic heterocycles. The van der Waals surface area contributed by atoms with Gasteiger partial charge in [-0.05, 0) is 19.1 Å². The van der Waals surface area contributed by atoms with Crippen LogP contribution in [-0.2, 0) is 4.74 Å². The second-order valence-corrected chi connectivity index (χ2v) is 4.66. The van der Waals surface area contributed by atoms with Gasteiger partial charge in [0.25, 0.3) is 5.56 Å². The van der Waals surface area contributed by atoms with Gasteiger partial charge in [-0.2, -0.15) is 0 Å². The molecule has 0 radical (unpaired) electrons. The Hall–Kier alpha value is -2.25. The third-order valence-corrected chi connectivity index (χ3v) is 2.78. The third kappa shape index (κ3) is 4.37. The predicted octanol–water partition coefficient (Wildman–Crippen LogP) is 0.560. The highest BCUT2D eigenvalue weighted by molar-refractivity contribution is 5.55. The lowest BCUT2D eigenvalue weighted by Crippen LogP contribution is -2.24. The van der Waals surface area contributed by atoms with E-state index in [0.717, 1.165) is 5.56 Å². The highest BCUT2D eigenvalue weighted by Crippen LogP contribution is 2.14. The van der Waals surface area contributed by atoms with Crippen molar-refractivity contribution >= 4 is 5.82 Å². The van der Waals surface area contributed by atoms with Crippen LogP contribution in [-0.4, -0.2) is 46.4 Å². The van der Waals surface area contributed by atoms with Gasteiger partial charge in [0.15, 0.2) is 0 Å². The highest BCUT2D eigenvalue weighted by Gasteiger charge is 2.05. The van der Waals surface area contributed by atoms with Crippen LogP contribution in [0.3, 0.4) is 0 Å². The molecule has 1 unspecified atom stereocenters. The van der Waals surface area contributed by atoms with Gasteiger partial charge in [0, 0.05) is 37.2 Å². The fourth-order valence-electron chi connectivity index (χ4n) is 1.83. The van der Waals surface area contributed by atoms with Gasteiger partial charge in [0.05, 0.1) is 12.7 Å². The molecule has 112 valence electrons. The number of methoxy groups -OCH3 is 1. The first-order valence-corrected chi connectivity index (χ1v) is 6.54. The molecule has 0 fully saturated rings. The van der Waals surface area contributed by atoms with Gasteiger partial charge >= 0.3 is 0 Å². The van der Waals surface area contributed by atoms with Crippen LogP contribution in [0.15, 0.2) is 29.2 Å². The molecule has 2 rings (SSSR count). The van der Waals surface area contributed by atoms with E-state index in [0.29, 0.717) is 23.9 Å². The Balaban J connectivity index is 2.06. The largest absolute Gasteiger partial charge is 0.389 e. The number of aromatic amines is 1. The molecular weight excluding hydrogens is 272 g/mol. The Labute approximate surface area is 122 Å². The molecule has 2 heterocycles. The minimum atomic E-state index is -0.591. The lowest BCUT2D eigenvalue weighted by Gasteiger charge is -2.11. The van der Waals surface area contributed by atoms with Crippen molar-refractivity contribution in [2.45, 2.75) is 13.0 Å². The molecule has 0 aliphatic carbocycles. The number of aliphatic hydroxyl groups is 1. The van der Waals surface area contributed by atoms with Crippen molar-refractivity contribution < 1.29 is 9.84 Å². The summed E-state index contributed by atoms with van der Waals surface area (Å²) in [6.07, 6.45) is 1.02. The van der Waals surface area contributed by atoms with Gasteiger partial charge < -0.3 is 20.1 Å². The van der Waals surface area contributed by atoms with Crippen LogP contribution in [0.25, 0.3) is 11.4 Å². The summed E-state index contributed by atoms with van der Waals surface area (Å²) in [5.74, 6) is 1.11. The first kappa shape index (κ1) is 15.1. The van der Waals surface area contributed by atoms with Gasteiger partial charge in [0.2, 0.25) is 0 Å². The number of aromatic nitrogens is 3. The number of rotatable bonds is 6. The molecule has 7 nitrogen and oxygen atoms in total. The van der Waals surface area contributed by atoms with Crippen molar-refractivity contribution in [1.29, 1.82) is 0 Å². The zero-order valence-electron chi connectivity index (χ0n) is 12.0. The van der Waals surface area contributed by atoms with E-state index < -0.39 is 6.10 Å². The quantitative estimate of drug-likeness (QED) is 0.719. The zero-order valence-corrected chi connectivity index (χ0v) is 12.0. The monoisotopic (exact) mass is 290 g/mol. The number of anilines is 1. The normalized spacial score (nSPS) is 12.1. The van der Waals surface area contributed by atoms with Crippen LogP contribution >= 0.6 is 0 Å². The summed E-state index contributed by atoms with van der Waals surface area (Å²) in [7, 11) is 1.53. The number of nitrogens with one attached hydrogen (secondary N) is 2. The second kappa shape index (κ2) is 6.96. The van der Waals surface area contributed by atoms with Crippen LogP contribution in [0.2, 0.25) is 0 Å². The van der Waals surface area contributed by atoms with E-state index in [1.54, 1.807) is 25.3 Å². The molecule has 0 spiro atoms. The molecule has 0 bridgehead atoms. The van der Waals surface area contributed by atoms with Crippen molar-refractivity contribution in [1.82, 2.24) is 15.0 Å². The lowest BCUT2D eigenvalue weighted by atomic mass is 10.2. The molecule has 21 heavy (non-hydrogen) atoms. The molecule has 7 heteroatoms. The molecule has 0 saturated carbocycles. The Morgan fingerprint density at radius 3 is 2.90 bits per heavy atom. The second-order valence-electron chi connectivity index (χ2n) is 4.66. The number of aryl methyl sites for hydroxylation is 1. The molecule has 0 saturated heterocycles. The van der Waals surface area contributed by atoms with Gasteiger partial charge in [0.1, 0.15) is 11.6 Å². The number of pyridine rings is 1.